The van der Waals surface area contributed by atoms with Crippen molar-refractivity contribution in [3.63, 3.8) is 0 Å². The molecule has 1 fully saturated rings. The number of rotatable bonds is 2. The molecule has 0 spiro atoms. The summed E-state index contributed by atoms with van der Waals surface area (Å²) in [6, 6.07) is 0.445. The van der Waals surface area contributed by atoms with Crippen LogP contribution in [0.1, 0.15) is 50.9 Å². The van der Waals surface area contributed by atoms with Crippen molar-refractivity contribution in [1.29, 1.82) is 0 Å². The predicted molar refractivity (Wildman–Crippen MR) is 57.0 cm³/mol. The third kappa shape index (κ3) is 2.17. The van der Waals surface area contributed by atoms with Crippen molar-refractivity contribution in [2.24, 2.45) is 11.7 Å². The SMILES string of the molecule is CC1CCCCCC1n1nnnc1CN. The molecule has 0 amide bonds. The summed E-state index contributed by atoms with van der Waals surface area (Å²) in [5.41, 5.74) is 5.62. The Labute approximate surface area is 90.0 Å². The summed E-state index contributed by atoms with van der Waals surface area (Å²) < 4.78 is 1.94. The second-order valence-corrected chi connectivity index (χ2v) is 4.43. The maximum atomic E-state index is 5.62. The van der Waals surface area contributed by atoms with Crippen LogP contribution in [-0.2, 0) is 6.54 Å². The van der Waals surface area contributed by atoms with Gasteiger partial charge in [0.1, 0.15) is 0 Å². The van der Waals surface area contributed by atoms with Gasteiger partial charge in [-0.25, -0.2) is 4.68 Å². The van der Waals surface area contributed by atoms with Gasteiger partial charge in [-0.15, -0.1) is 5.10 Å². The second kappa shape index (κ2) is 4.70. The molecule has 5 heteroatoms. The van der Waals surface area contributed by atoms with E-state index in [1.165, 1.54) is 32.1 Å². The molecular formula is C10H19N5. The molecule has 84 valence electrons. The van der Waals surface area contributed by atoms with Gasteiger partial charge in [0.05, 0.1) is 12.6 Å². The van der Waals surface area contributed by atoms with Crippen molar-refractivity contribution >= 4 is 0 Å². The molecule has 15 heavy (non-hydrogen) atoms. The summed E-state index contributed by atoms with van der Waals surface area (Å²) in [6.07, 6.45) is 6.39. The molecule has 1 heterocycles. The monoisotopic (exact) mass is 209 g/mol. The van der Waals surface area contributed by atoms with E-state index >= 15 is 0 Å². The van der Waals surface area contributed by atoms with Crippen molar-refractivity contribution in [2.45, 2.75) is 51.6 Å². The molecule has 2 unspecified atom stereocenters. The number of hydrogen-bond acceptors (Lipinski definition) is 4. The van der Waals surface area contributed by atoms with Gasteiger partial charge in [-0.05, 0) is 29.2 Å². The summed E-state index contributed by atoms with van der Waals surface area (Å²) in [5, 5.41) is 11.7. The molecule has 1 aliphatic rings. The van der Waals surface area contributed by atoms with Crippen LogP contribution >= 0.6 is 0 Å². The molecule has 5 nitrogen and oxygen atoms in total. The van der Waals surface area contributed by atoms with E-state index in [0.717, 1.165) is 5.82 Å². The van der Waals surface area contributed by atoms with Crippen LogP contribution in [0.2, 0.25) is 0 Å². The zero-order chi connectivity index (χ0) is 10.7. The third-order valence-electron chi connectivity index (χ3n) is 3.37. The van der Waals surface area contributed by atoms with E-state index in [1.54, 1.807) is 0 Å². The Balaban J connectivity index is 2.19. The van der Waals surface area contributed by atoms with Gasteiger partial charge in [-0.1, -0.05) is 26.2 Å². The lowest BCUT2D eigenvalue weighted by Crippen LogP contribution is -2.21. The van der Waals surface area contributed by atoms with Crippen LogP contribution in [0.4, 0.5) is 0 Å². The average Bonchev–Trinajstić information content (AvgIpc) is 2.61. The summed E-state index contributed by atoms with van der Waals surface area (Å²) in [5.74, 6) is 1.47. The molecule has 2 atom stereocenters. The zero-order valence-electron chi connectivity index (χ0n) is 9.26. The number of tetrazole rings is 1. The minimum absolute atomic E-state index is 0.427. The minimum Gasteiger partial charge on any atom is -0.324 e. The summed E-state index contributed by atoms with van der Waals surface area (Å²) >= 11 is 0. The molecule has 1 aromatic heterocycles. The van der Waals surface area contributed by atoms with Crippen molar-refractivity contribution in [2.75, 3.05) is 0 Å². The van der Waals surface area contributed by atoms with Gasteiger partial charge < -0.3 is 5.73 Å². The largest absolute Gasteiger partial charge is 0.324 e. The van der Waals surface area contributed by atoms with Crippen LogP contribution in [-0.4, -0.2) is 20.2 Å². The Morgan fingerprint density at radius 2 is 2.13 bits per heavy atom. The molecule has 1 aromatic rings. The van der Waals surface area contributed by atoms with Gasteiger partial charge in [-0.2, -0.15) is 0 Å². The van der Waals surface area contributed by atoms with Gasteiger partial charge in [0.15, 0.2) is 5.82 Å². The predicted octanol–water partition coefficient (Wildman–Crippen LogP) is 1.27. The van der Waals surface area contributed by atoms with Crippen molar-refractivity contribution < 1.29 is 0 Å². The fraction of sp³-hybridized carbons (Fsp3) is 0.900. The Morgan fingerprint density at radius 3 is 2.93 bits per heavy atom. The van der Waals surface area contributed by atoms with E-state index in [-0.39, 0.29) is 0 Å². The van der Waals surface area contributed by atoms with Crippen molar-refractivity contribution in [3.05, 3.63) is 5.82 Å². The van der Waals surface area contributed by atoms with Crippen molar-refractivity contribution in [1.82, 2.24) is 20.2 Å². The maximum absolute atomic E-state index is 5.62. The molecule has 2 rings (SSSR count). The quantitative estimate of drug-likeness (QED) is 0.745. The molecular weight excluding hydrogens is 190 g/mol. The number of aromatic nitrogens is 4. The molecule has 0 saturated heterocycles. The summed E-state index contributed by atoms with van der Waals surface area (Å²) in [6.45, 7) is 2.72. The Hall–Kier alpha value is -0.970. The molecule has 1 saturated carbocycles. The first-order valence-corrected chi connectivity index (χ1v) is 5.79. The Kier molecular flexibility index (Phi) is 3.30. The van der Waals surface area contributed by atoms with Crippen LogP contribution in [0, 0.1) is 5.92 Å². The van der Waals surface area contributed by atoms with E-state index < -0.39 is 0 Å². The van der Waals surface area contributed by atoms with E-state index in [1.807, 2.05) is 4.68 Å². The summed E-state index contributed by atoms with van der Waals surface area (Å²) in [4.78, 5) is 0. The molecule has 0 aliphatic heterocycles. The van der Waals surface area contributed by atoms with Gasteiger partial charge in [0.25, 0.3) is 0 Å². The first-order chi connectivity index (χ1) is 7.33. The van der Waals surface area contributed by atoms with Crippen LogP contribution in [0.3, 0.4) is 0 Å². The fourth-order valence-electron chi connectivity index (χ4n) is 2.44. The van der Waals surface area contributed by atoms with Gasteiger partial charge in [-0.3, -0.25) is 0 Å². The van der Waals surface area contributed by atoms with E-state index in [2.05, 4.69) is 22.4 Å². The first-order valence-electron chi connectivity index (χ1n) is 5.79. The molecule has 0 bridgehead atoms. The van der Waals surface area contributed by atoms with Gasteiger partial charge >= 0.3 is 0 Å². The Morgan fingerprint density at radius 1 is 1.33 bits per heavy atom. The van der Waals surface area contributed by atoms with E-state index in [9.17, 15) is 0 Å². The summed E-state index contributed by atoms with van der Waals surface area (Å²) in [7, 11) is 0. The standard InChI is InChI=1S/C10H19N5/c1-8-5-3-2-4-6-9(8)15-10(7-11)12-13-14-15/h8-9H,2-7,11H2,1H3. The van der Waals surface area contributed by atoms with Gasteiger partial charge in [0.2, 0.25) is 0 Å². The lowest BCUT2D eigenvalue weighted by atomic mass is 9.97. The lowest BCUT2D eigenvalue weighted by molar-refractivity contribution is 0.296. The van der Waals surface area contributed by atoms with Crippen LogP contribution < -0.4 is 5.73 Å². The maximum Gasteiger partial charge on any atom is 0.165 e. The molecule has 2 N–H and O–H groups in total. The zero-order valence-corrected chi connectivity index (χ0v) is 9.26. The van der Waals surface area contributed by atoms with E-state index in [4.69, 9.17) is 5.73 Å². The lowest BCUT2D eigenvalue weighted by Gasteiger charge is -2.21. The topological polar surface area (TPSA) is 69.6 Å². The second-order valence-electron chi connectivity index (χ2n) is 4.43. The highest BCUT2D eigenvalue weighted by atomic mass is 15.6. The van der Waals surface area contributed by atoms with Gasteiger partial charge in [0, 0.05) is 0 Å². The Bertz CT molecular complexity index is 309. The number of nitrogens with two attached hydrogens (primary N) is 1. The highest BCUT2D eigenvalue weighted by Crippen LogP contribution is 2.31. The molecule has 1 aliphatic carbocycles. The highest BCUT2D eigenvalue weighted by molar-refractivity contribution is 4.85. The van der Waals surface area contributed by atoms with Crippen molar-refractivity contribution in [3.8, 4) is 0 Å². The van der Waals surface area contributed by atoms with E-state index in [0.29, 0.717) is 18.5 Å². The average molecular weight is 209 g/mol. The van der Waals surface area contributed by atoms with Crippen LogP contribution in [0.5, 0.6) is 0 Å². The number of hydrogen-bond donors (Lipinski definition) is 1. The minimum atomic E-state index is 0.427. The smallest absolute Gasteiger partial charge is 0.165 e. The highest BCUT2D eigenvalue weighted by Gasteiger charge is 2.24. The normalized spacial score (nSPS) is 27.6. The fourth-order valence-corrected chi connectivity index (χ4v) is 2.44. The number of nitrogens with zero attached hydrogens (tertiary/aromatic N) is 4. The molecule has 0 radical (unpaired) electrons. The first kappa shape index (κ1) is 10.5. The molecule has 0 aromatic carbocycles. The third-order valence-corrected chi connectivity index (χ3v) is 3.37. The van der Waals surface area contributed by atoms with Crippen LogP contribution in [0.25, 0.3) is 0 Å². The van der Waals surface area contributed by atoms with Crippen LogP contribution in [0.15, 0.2) is 0 Å².